The number of para-hydroxylation sites is 1. The number of benzene rings is 2. The molecule has 2 aliphatic heterocycles. The van der Waals surface area contributed by atoms with Crippen LogP contribution in [-0.2, 0) is 9.59 Å². The van der Waals surface area contributed by atoms with E-state index >= 15 is 4.39 Å². The molecule has 0 radical (unpaired) electrons. The average Bonchev–Trinajstić information content (AvgIpc) is 3.52. The third-order valence-electron chi connectivity index (χ3n) is 7.98. The summed E-state index contributed by atoms with van der Waals surface area (Å²) in [5.41, 5.74) is 5.59. The predicted octanol–water partition coefficient (Wildman–Crippen LogP) is 7.05. The standard InChI is InChI=1S/C32H29ClFN5O2/c1-19-5-4-8-28(27-15-20(11-13-35-27)23-6-2-3-7-26(23)38-32(19)41)39-14-12-21(16-29(39)40)30-24(22-17-36-37-18-22)9-10-25(33)31(30)34/h2-3,6-7,9-11,13,15-19,28H,4-5,8,12,14H2,1H3,(H,36,37)(H,38,41)/t19?,28-/m0/s1. The van der Waals surface area contributed by atoms with E-state index in [2.05, 4.69) is 15.5 Å². The number of anilines is 1. The van der Waals surface area contributed by atoms with E-state index in [9.17, 15) is 9.59 Å². The summed E-state index contributed by atoms with van der Waals surface area (Å²) in [6, 6.07) is 14.6. The number of aromatic amines is 1. The number of carbonyl (C=O) groups is 2. The molecule has 0 spiro atoms. The number of rotatable bonds is 3. The Balaban J connectivity index is 1.38. The fraction of sp³-hybridized carbons (Fsp3) is 0.250. The van der Waals surface area contributed by atoms with E-state index < -0.39 is 5.82 Å². The Bertz CT molecular complexity index is 1650. The van der Waals surface area contributed by atoms with Gasteiger partial charge in [0.25, 0.3) is 0 Å². The highest BCUT2D eigenvalue weighted by Gasteiger charge is 2.31. The van der Waals surface area contributed by atoms with Gasteiger partial charge in [-0.1, -0.05) is 49.2 Å². The molecule has 0 saturated heterocycles. The van der Waals surface area contributed by atoms with Gasteiger partial charge in [-0.15, -0.1) is 0 Å². The van der Waals surface area contributed by atoms with E-state index in [0.29, 0.717) is 48.1 Å². The smallest absolute Gasteiger partial charge is 0.247 e. The number of hydrogen-bond donors (Lipinski definition) is 2. The third-order valence-corrected chi connectivity index (χ3v) is 8.28. The lowest BCUT2D eigenvalue weighted by atomic mass is 9.90. The summed E-state index contributed by atoms with van der Waals surface area (Å²) in [4.78, 5) is 33.2. The molecule has 2 amide bonds. The highest BCUT2D eigenvalue weighted by molar-refractivity contribution is 6.31. The molecule has 2 N–H and O–H groups in total. The highest BCUT2D eigenvalue weighted by atomic mass is 35.5. The Morgan fingerprint density at radius 3 is 2.71 bits per heavy atom. The van der Waals surface area contributed by atoms with E-state index in [0.717, 1.165) is 28.9 Å². The van der Waals surface area contributed by atoms with Crippen LogP contribution in [0, 0.1) is 11.7 Å². The molecule has 6 rings (SSSR count). The Morgan fingerprint density at radius 1 is 1.05 bits per heavy atom. The molecular formula is C32H29ClFN5O2. The number of nitrogens with one attached hydrogen (secondary N) is 2. The molecule has 208 valence electrons. The first-order valence-corrected chi connectivity index (χ1v) is 14.1. The van der Waals surface area contributed by atoms with Crippen molar-refractivity contribution in [3.05, 3.63) is 95.3 Å². The zero-order valence-corrected chi connectivity index (χ0v) is 23.3. The van der Waals surface area contributed by atoms with Gasteiger partial charge in [-0.25, -0.2) is 4.39 Å². The number of amides is 2. The van der Waals surface area contributed by atoms with Crippen LogP contribution in [0.15, 0.2) is 73.2 Å². The summed E-state index contributed by atoms with van der Waals surface area (Å²) in [5, 5.41) is 9.85. The predicted molar refractivity (Wildman–Crippen MR) is 157 cm³/mol. The molecule has 2 aromatic carbocycles. The van der Waals surface area contributed by atoms with Crippen LogP contribution in [0.4, 0.5) is 10.1 Å². The second kappa shape index (κ2) is 11.3. The first-order valence-electron chi connectivity index (χ1n) is 13.8. The van der Waals surface area contributed by atoms with E-state index in [-0.39, 0.29) is 28.8 Å². The van der Waals surface area contributed by atoms with Crippen molar-refractivity contribution in [1.29, 1.82) is 0 Å². The summed E-state index contributed by atoms with van der Waals surface area (Å²) < 4.78 is 15.4. The fourth-order valence-electron chi connectivity index (χ4n) is 5.77. The number of halogens is 2. The number of pyridine rings is 1. The molecule has 1 unspecified atom stereocenters. The Labute approximate surface area is 242 Å². The van der Waals surface area contributed by atoms with Crippen molar-refractivity contribution < 1.29 is 14.0 Å². The van der Waals surface area contributed by atoms with Gasteiger partial charge < -0.3 is 10.2 Å². The zero-order valence-electron chi connectivity index (χ0n) is 22.5. The lowest BCUT2D eigenvalue weighted by Gasteiger charge is -2.35. The topological polar surface area (TPSA) is 91.0 Å². The first-order chi connectivity index (χ1) is 19.9. The summed E-state index contributed by atoms with van der Waals surface area (Å²) in [7, 11) is 0. The molecule has 2 aliphatic rings. The largest absolute Gasteiger partial charge is 0.330 e. The Morgan fingerprint density at radius 2 is 1.90 bits per heavy atom. The minimum atomic E-state index is -0.552. The van der Waals surface area contributed by atoms with Gasteiger partial charge in [0.05, 0.1) is 23.0 Å². The van der Waals surface area contributed by atoms with Crippen LogP contribution in [0.3, 0.4) is 0 Å². The van der Waals surface area contributed by atoms with Crippen LogP contribution in [0.5, 0.6) is 0 Å². The van der Waals surface area contributed by atoms with Crippen LogP contribution in [0.1, 0.15) is 49.9 Å². The summed E-state index contributed by atoms with van der Waals surface area (Å²) in [6.07, 6.45) is 9.09. The molecular weight excluding hydrogens is 541 g/mol. The summed E-state index contributed by atoms with van der Waals surface area (Å²) in [6.45, 7) is 2.32. The molecule has 2 atom stereocenters. The lowest BCUT2D eigenvalue weighted by molar-refractivity contribution is -0.129. The molecule has 7 nitrogen and oxygen atoms in total. The number of nitrogens with zero attached hydrogens (tertiary/aromatic N) is 3. The molecule has 4 aromatic rings. The zero-order chi connectivity index (χ0) is 28.5. The molecule has 2 aromatic heterocycles. The lowest BCUT2D eigenvalue weighted by Crippen LogP contribution is -2.38. The number of fused-ring (bicyclic) bond motifs is 4. The van der Waals surface area contributed by atoms with Gasteiger partial charge in [0.15, 0.2) is 0 Å². The summed E-state index contributed by atoms with van der Waals surface area (Å²) in [5.74, 6) is -0.976. The maximum Gasteiger partial charge on any atom is 0.247 e. The van der Waals surface area contributed by atoms with Crippen LogP contribution < -0.4 is 5.32 Å². The van der Waals surface area contributed by atoms with Gasteiger partial charge >= 0.3 is 0 Å². The van der Waals surface area contributed by atoms with Crippen molar-refractivity contribution in [2.45, 2.75) is 38.6 Å². The van der Waals surface area contributed by atoms with Gasteiger partial charge in [-0.05, 0) is 60.2 Å². The molecule has 4 heterocycles. The van der Waals surface area contributed by atoms with E-state index in [1.807, 2.05) is 48.2 Å². The van der Waals surface area contributed by atoms with Crippen molar-refractivity contribution in [2.75, 3.05) is 11.9 Å². The second-order valence-electron chi connectivity index (χ2n) is 10.6. The maximum absolute atomic E-state index is 15.4. The van der Waals surface area contributed by atoms with Crippen molar-refractivity contribution in [3.63, 3.8) is 0 Å². The first kappa shape index (κ1) is 26.9. The van der Waals surface area contributed by atoms with Gasteiger partial charge in [0, 0.05) is 53.3 Å². The molecule has 9 heteroatoms. The highest BCUT2D eigenvalue weighted by Crippen LogP contribution is 2.39. The van der Waals surface area contributed by atoms with Gasteiger partial charge in [-0.2, -0.15) is 5.10 Å². The van der Waals surface area contributed by atoms with Gasteiger partial charge in [0.1, 0.15) is 5.82 Å². The van der Waals surface area contributed by atoms with Crippen LogP contribution in [-0.4, -0.2) is 38.4 Å². The molecule has 0 fully saturated rings. The van der Waals surface area contributed by atoms with Crippen molar-refractivity contribution >= 4 is 34.7 Å². The Hall–Kier alpha value is -4.30. The molecule has 0 aliphatic carbocycles. The van der Waals surface area contributed by atoms with E-state index in [1.165, 1.54) is 12.1 Å². The Kier molecular flexibility index (Phi) is 7.41. The normalized spacial score (nSPS) is 19.5. The monoisotopic (exact) mass is 569 g/mol. The quantitative estimate of drug-likeness (QED) is 0.277. The van der Waals surface area contributed by atoms with E-state index in [1.54, 1.807) is 24.7 Å². The minimum absolute atomic E-state index is 0.00166. The SMILES string of the molecule is CC1CCC[C@H](N2CCC(c3c(-c4cn[nH]c4)ccc(Cl)c3F)=CC2=O)c2cc(ccn2)-c2ccccc2NC1=O. The second-order valence-corrected chi connectivity index (χ2v) is 11.0. The minimum Gasteiger partial charge on any atom is -0.330 e. The average molecular weight is 570 g/mol. The van der Waals surface area contributed by atoms with Crippen LogP contribution in [0.2, 0.25) is 5.02 Å². The van der Waals surface area contributed by atoms with Crippen molar-refractivity contribution in [1.82, 2.24) is 20.1 Å². The number of aromatic nitrogens is 3. The van der Waals surface area contributed by atoms with E-state index in [4.69, 9.17) is 16.6 Å². The van der Waals surface area contributed by atoms with Crippen LogP contribution in [0.25, 0.3) is 27.8 Å². The fourth-order valence-corrected chi connectivity index (χ4v) is 5.93. The maximum atomic E-state index is 15.4. The number of H-pyrrole nitrogens is 1. The van der Waals surface area contributed by atoms with Crippen molar-refractivity contribution in [3.8, 4) is 22.3 Å². The molecule has 0 saturated carbocycles. The van der Waals surface area contributed by atoms with Crippen LogP contribution >= 0.6 is 11.6 Å². The third kappa shape index (κ3) is 5.27. The van der Waals surface area contributed by atoms with Crippen molar-refractivity contribution in [2.24, 2.45) is 5.92 Å². The number of hydrogen-bond acceptors (Lipinski definition) is 4. The van der Waals surface area contributed by atoms with Gasteiger partial charge in [-0.3, -0.25) is 19.7 Å². The molecule has 41 heavy (non-hydrogen) atoms. The molecule has 2 bridgehead atoms. The number of carbonyl (C=O) groups excluding carboxylic acids is 2. The van der Waals surface area contributed by atoms with Gasteiger partial charge in [0.2, 0.25) is 11.8 Å². The summed E-state index contributed by atoms with van der Waals surface area (Å²) >= 11 is 6.18.